The first-order valence-electron chi connectivity index (χ1n) is 5.87. The number of nitrogens with one attached hydrogen (secondary N) is 1. The van der Waals surface area contributed by atoms with Crippen LogP contribution in [-0.4, -0.2) is 12.5 Å². The van der Waals surface area contributed by atoms with Gasteiger partial charge in [-0.2, -0.15) is 5.26 Å². The van der Waals surface area contributed by atoms with Gasteiger partial charge < -0.3 is 10.1 Å². The Bertz CT molecular complexity index is 665. The number of hydrogen-bond donors (Lipinski definition) is 1. The van der Waals surface area contributed by atoms with E-state index in [1.54, 1.807) is 48.5 Å². The number of para-hydroxylation sites is 2. The molecular weight excluding hydrogens is 276 g/mol. The molecule has 0 aliphatic rings. The molecule has 0 radical (unpaired) electrons. The van der Waals surface area contributed by atoms with Crippen molar-refractivity contribution in [3.63, 3.8) is 0 Å². The van der Waals surface area contributed by atoms with Crippen LogP contribution in [-0.2, 0) is 4.79 Å². The summed E-state index contributed by atoms with van der Waals surface area (Å²) in [5.74, 6) is 0.0372. The summed E-state index contributed by atoms with van der Waals surface area (Å²) in [6.07, 6.45) is 0. The quantitative estimate of drug-likeness (QED) is 0.938. The van der Waals surface area contributed by atoms with Crippen molar-refractivity contribution in [1.82, 2.24) is 0 Å². The fourth-order valence-electron chi connectivity index (χ4n) is 1.58. The highest BCUT2D eigenvalue weighted by Crippen LogP contribution is 2.20. The highest BCUT2D eigenvalue weighted by molar-refractivity contribution is 6.33. The SMILES string of the molecule is N#Cc1ccccc1OCC(=O)Nc1ccccc1Cl. The number of nitriles is 1. The van der Waals surface area contributed by atoms with Crippen LogP contribution in [0, 0.1) is 11.3 Å². The van der Waals surface area contributed by atoms with Crippen molar-refractivity contribution in [1.29, 1.82) is 5.26 Å². The lowest BCUT2D eigenvalue weighted by Gasteiger charge is -2.09. The lowest BCUT2D eigenvalue weighted by Crippen LogP contribution is -2.20. The van der Waals surface area contributed by atoms with Crippen molar-refractivity contribution in [2.45, 2.75) is 0 Å². The predicted octanol–water partition coefficient (Wildman–Crippen LogP) is 3.23. The summed E-state index contributed by atoms with van der Waals surface area (Å²) >= 11 is 5.93. The molecular formula is C15H11ClN2O2. The molecule has 20 heavy (non-hydrogen) atoms. The Morgan fingerprint density at radius 3 is 2.65 bits per heavy atom. The number of anilines is 1. The minimum absolute atomic E-state index is 0.191. The maximum absolute atomic E-state index is 11.8. The van der Waals surface area contributed by atoms with Gasteiger partial charge in [0.25, 0.3) is 5.91 Å². The van der Waals surface area contributed by atoms with Gasteiger partial charge in [0.1, 0.15) is 11.8 Å². The smallest absolute Gasteiger partial charge is 0.262 e. The Balaban J connectivity index is 1.96. The van der Waals surface area contributed by atoms with Crippen LogP contribution in [0.2, 0.25) is 5.02 Å². The van der Waals surface area contributed by atoms with Gasteiger partial charge in [0.15, 0.2) is 6.61 Å². The third kappa shape index (κ3) is 3.50. The van der Waals surface area contributed by atoms with E-state index in [0.717, 1.165) is 0 Å². The van der Waals surface area contributed by atoms with E-state index < -0.39 is 0 Å². The molecule has 0 atom stereocenters. The summed E-state index contributed by atoms with van der Waals surface area (Å²) in [4.78, 5) is 11.8. The minimum Gasteiger partial charge on any atom is -0.482 e. The summed E-state index contributed by atoms with van der Waals surface area (Å²) < 4.78 is 5.32. The minimum atomic E-state index is -0.342. The molecule has 0 aromatic heterocycles. The molecule has 0 saturated heterocycles. The van der Waals surface area contributed by atoms with Gasteiger partial charge in [-0.1, -0.05) is 35.9 Å². The zero-order valence-electron chi connectivity index (χ0n) is 10.5. The summed E-state index contributed by atoms with van der Waals surface area (Å²) in [6, 6.07) is 15.7. The van der Waals surface area contributed by atoms with Gasteiger partial charge in [-0.05, 0) is 24.3 Å². The zero-order valence-corrected chi connectivity index (χ0v) is 11.2. The second kappa shape index (κ2) is 6.60. The molecule has 2 rings (SSSR count). The molecule has 0 heterocycles. The van der Waals surface area contributed by atoms with E-state index >= 15 is 0 Å². The van der Waals surface area contributed by atoms with Gasteiger partial charge in [0.05, 0.1) is 16.3 Å². The summed E-state index contributed by atoms with van der Waals surface area (Å²) in [7, 11) is 0. The lowest BCUT2D eigenvalue weighted by molar-refractivity contribution is -0.118. The van der Waals surface area contributed by atoms with E-state index in [9.17, 15) is 4.79 Å². The number of carbonyl (C=O) groups excluding carboxylic acids is 1. The first-order chi connectivity index (χ1) is 9.70. The Morgan fingerprint density at radius 2 is 1.90 bits per heavy atom. The van der Waals surface area contributed by atoms with Crippen molar-refractivity contribution in [3.05, 3.63) is 59.1 Å². The molecule has 0 fully saturated rings. The van der Waals surface area contributed by atoms with Crippen LogP contribution in [0.15, 0.2) is 48.5 Å². The van der Waals surface area contributed by atoms with Crippen LogP contribution in [0.25, 0.3) is 0 Å². The van der Waals surface area contributed by atoms with Crippen LogP contribution in [0.3, 0.4) is 0 Å². The molecule has 2 aromatic rings. The second-order valence-corrected chi connectivity index (χ2v) is 4.33. The Morgan fingerprint density at radius 1 is 1.20 bits per heavy atom. The number of rotatable bonds is 4. The summed E-state index contributed by atoms with van der Waals surface area (Å²) in [5, 5.41) is 12.0. The highest BCUT2D eigenvalue weighted by atomic mass is 35.5. The number of carbonyl (C=O) groups is 1. The maximum Gasteiger partial charge on any atom is 0.262 e. The first-order valence-corrected chi connectivity index (χ1v) is 6.25. The normalized spacial score (nSPS) is 9.60. The molecule has 100 valence electrons. The average Bonchev–Trinajstić information content (AvgIpc) is 2.48. The van der Waals surface area contributed by atoms with Gasteiger partial charge in [0, 0.05) is 0 Å². The molecule has 0 aliphatic carbocycles. The largest absolute Gasteiger partial charge is 0.482 e. The lowest BCUT2D eigenvalue weighted by atomic mass is 10.2. The second-order valence-electron chi connectivity index (χ2n) is 3.92. The topological polar surface area (TPSA) is 62.1 Å². The van der Waals surface area contributed by atoms with Gasteiger partial charge >= 0.3 is 0 Å². The van der Waals surface area contributed by atoms with E-state index in [4.69, 9.17) is 21.6 Å². The van der Waals surface area contributed by atoms with Crippen molar-refractivity contribution >= 4 is 23.2 Å². The van der Waals surface area contributed by atoms with E-state index in [1.165, 1.54) is 0 Å². The van der Waals surface area contributed by atoms with Gasteiger partial charge in [-0.25, -0.2) is 0 Å². The van der Waals surface area contributed by atoms with Gasteiger partial charge in [-0.3, -0.25) is 4.79 Å². The average molecular weight is 287 g/mol. The van der Waals surface area contributed by atoms with Crippen LogP contribution in [0.4, 0.5) is 5.69 Å². The first kappa shape index (κ1) is 13.9. The molecule has 1 N–H and O–H groups in total. The molecule has 5 heteroatoms. The van der Waals surface area contributed by atoms with E-state index in [1.807, 2.05) is 6.07 Å². The van der Waals surface area contributed by atoms with E-state index in [2.05, 4.69) is 5.32 Å². The van der Waals surface area contributed by atoms with Crippen molar-refractivity contribution in [2.24, 2.45) is 0 Å². The third-order valence-corrected chi connectivity index (χ3v) is 2.84. The van der Waals surface area contributed by atoms with Crippen molar-refractivity contribution < 1.29 is 9.53 Å². The monoisotopic (exact) mass is 286 g/mol. The Hall–Kier alpha value is -2.51. The Labute approximate surface area is 121 Å². The van der Waals surface area contributed by atoms with Crippen LogP contribution in [0.1, 0.15) is 5.56 Å². The Kier molecular flexibility index (Phi) is 4.59. The number of ether oxygens (including phenoxy) is 1. The molecule has 0 unspecified atom stereocenters. The number of amides is 1. The third-order valence-electron chi connectivity index (χ3n) is 2.51. The number of nitrogens with zero attached hydrogens (tertiary/aromatic N) is 1. The van der Waals surface area contributed by atoms with Crippen LogP contribution in [0.5, 0.6) is 5.75 Å². The fourth-order valence-corrected chi connectivity index (χ4v) is 1.76. The number of hydrogen-bond acceptors (Lipinski definition) is 3. The number of benzene rings is 2. The molecule has 0 spiro atoms. The molecule has 4 nitrogen and oxygen atoms in total. The molecule has 0 bridgehead atoms. The molecule has 0 saturated carbocycles. The van der Waals surface area contributed by atoms with Gasteiger partial charge in [0.2, 0.25) is 0 Å². The molecule has 1 amide bonds. The van der Waals surface area contributed by atoms with Crippen molar-refractivity contribution in [3.8, 4) is 11.8 Å². The van der Waals surface area contributed by atoms with Crippen molar-refractivity contribution in [2.75, 3.05) is 11.9 Å². The summed E-state index contributed by atoms with van der Waals surface area (Å²) in [5.41, 5.74) is 0.911. The fraction of sp³-hybridized carbons (Fsp3) is 0.0667. The molecule has 2 aromatic carbocycles. The standard InChI is InChI=1S/C15H11ClN2O2/c16-12-6-2-3-7-13(12)18-15(19)10-20-14-8-4-1-5-11(14)9-17/h1-8H,10H2,(H,18,19). The highest BCUT2D eigenvalue weighted by Gasteiger charge is 2.08. The summed E-state index contributed by atoms with van der Waals surface area (Å²) in [6.45, 7) is -0.191. The zero-order chi connectivity index (χ0) is 14.4. The van der Waals surface area contributed by atoms with E-state index in [-0.39, 0.29) is 12.5 Å². The van der Waals surface area contributed by atoms with E-state index in [0.29, 0.717) is 22.0 Å². The van der Waals surface area contributed by atoms with Crippen LogP contribution >= 0.6 is 11.6 Å². The van der Waals surface area contributed by atoms with Crippen LogP contribution < -0.4 is 10.1 Å². The molecule has 0 aliphatic heterocycles. The predicted molar refractivity (Wildman–Crippen MR) is 76.7 cm³/mol. The van der Waals surface area contributed by atoms with Gasteiger partial charge in [-0.15, -0.1) is 0 Å². The maximum atomic E-state index is 11.8. The number of halogens is 1.